The number of carbonyl (C=O) groups excluding carboxylic acids is 1. The van der Waals surface area contributed by atoms with E-state index in [9.17, 15) is 13.2 Å². The van der Waals surface area contributed by atoms with Gasteiger partial charge in [-0.15, -0.1) is 0 Å². The summed E-state index contributed by atoms with van der Waals surface area (Å²) >= 11 is 12.3. The number of amides is 1. The highest BCUT2D eigenvalue weighted by molar-refractivity contribution is 7.89. The molecule has 1 N–H and O–H groups in total. The predicted octanol–water partition coefficient (Wildman–Crippen LogP) is 4.45. The number of nitrogens with zero attached hydrogens (tertiary/aromatic N) is 1. The molecule has 0 unspecified atom stereocenters. The fourth-order valence-electron chi connectivity index (χ4n) is 3.63. The Bertz CT molecular complexity index is 1130. The van der Waals surface area contributed by atoms with Gasteiger partial charge in [0.1, 0.15) is 17.2 Å². The van der Waals surface area contributed by atoms with Crippen molar-refractivity contribution in [2.75, 3.05) is 39.2 Å². The predicted molar refractivity (Wildman–Crippen MR) is 127 cm³/mol. The van der Waals surface area contributed by atoms with Gasteiger partial charge in [-0.05, 0) is 38.0 Å². The van der Waals surface area contributed by atoms with Gasteiger partial charge in [-0.1, -0.05) is 23.2 Å². The molecule has 11 heteroatoms. The van der Waals surface area contributed by atoms with Crippen LogP contribution in [-0.4, -0.2) is 52.5 Å². The summed E-state index contributed by atoms with van der Waals surface area (Å²) in [4.78, 5) is 13.1. The maximum atomic E-state index is 13.2. The number of ether oxygens (including phenoxy) is 3. The number of halogens is 2. The molecule has 0 spiro atoms. The van der Waals surface area contributed by atoms with Gasteiger partial charge >= 0.3 is 0 Å². The third-order valence-corrected chi connectivity index (χ3v) is 7.78. The van der Waals surface area contributed by atoms with Gasteiger partial charge < -0.3 is 19.5 Å². The Balaban J connectivity index is 1.77. The minimum Gasteiger partial charge on any atom is -0.495 e. The van der Waals surface area contributed by atoms with Crippen LogP contribution < -0.4 is 19.5 Å². The molecule has 1 amide bonds. The highest BCUT2D eigenvalue weighted by Crippen LogP contribution is 2.37. The zero-order chi connectivity index (χ0) is 24.2. The van der Waals surface area contributed by atoms with Crippen molar-refractivity contribution in [3.05, 3.63) is 40.4 Å². The molecule has 1 saturated heterocycles. The summed E-state index contributed by atoms with van der Waals surface area (Å²) in [6.45, 7) is 2.59. The van der Waals surface area contributed by atoms with Crippen LogP contribution in [0.4, 0.5) is 5.69 Å². The van der Waals surface area contributed by atoms with Crippen LogP contribution in [0, 0.1) is 5.92 Å². The molecule has 0 aliphatic carbocycles. The molecule has 180 valence electrons. The molecule has 1 fully saturated rings. The molecule has 0 bridgehead atoms. The van der Waals surface area contributed by atoms with E-state index in [4.69, 9.17) is 37.4 Å². The molecule has 1 heterocycles. The fourth-order valence-corrected chi connectivity index (χ4v) is 5.71. The Morgan fingerprint density at radius 1 is 1.09 bits per heavy atom. The van der Waals surface area contributed by atoms with Crippen molar-refractivity contribution in [2.24, 2.45) is 5.92 Å². The molecule has 1 aliphatic rings. The number of hydrogen-bond acceptors (Lipinski definition) is 6. The van der Waals surface area contributed by atoms with Crippen LogP contribution in [0.5, 0.6) is 17.2 Å². The second-order valence-corrected chi connectivity index (χ2v) is 10.2. The molecule has 33 heavy (non-hydrogen) atoms. The smallest absolute Gasteiger partial charge is 0.243 e. The zero-order valence-corrected chi connectivity index (χ0v) is 20.9. The highest BCUT2D eigenvalue weighted by atomic mass is 35.5. The number of sulfonamides is 1. The minimum atomic E-state index is -3.83. The lowest BCUT2D eigenvalue weighted by atomic mass is 9.98. The normalized spacial score (nSPS) is 16.8. The maximum absolute atomic E-state index is 13.2. The van der Waals surface area contributed by atoms with Crippen molar-refractivity contribution in [1.82, 2.24) is 4.31 Å². The molecule has 8 nitrogen and oxygen atoms in total. The van der Waals surface area contributed by atoms with Crippen LogP contribution in [0.2, 0.25) is 10.0 Å². The van der Waals surface area contributed by atoms with Gasteiger partial charge in [0, 0.05) is 25.2 Å². The summed E-state index contributed by atoms with van der Waals surface area (Å²) in [6.07, 6.45) is 1.10. The van der Waals surface area contributed by atoms with E-state index < -0.39 is 15.9 Å². The Hall–Kier alpha value is -2.20. The van der Waals surface area contributed by atoms with Crippen LogP contribution in [0.3, 0.4) is 0 Å². The van der Waals surface area contributed by atoms with Gasteiger partial charge in [0.05, 0.1) is 47.4 Å². The van der Waals surface area contributed by atoms with Gasteiger partial charge in [0.15, 0.2) is 0 Å². The van der Waals surface area contributed by atoms with E-state index in [1.54, 1.807) is 12.1 Å². The Labute approximate surface area is 203 Å². The minimum absolute atomic E-state index is 0.0477. The first-order chi connectivity index (χ1) is 15.7. The van der Waals surface area contributed by atoms with Crippen LogP contribution in [0.1, 0.15) is 19.8 Å². The molecular weight excluding hydrogens is 491 g/mol. The average Bonchev–Trinajstić information content (AvgIpc) is 2.81. The van der Waals surface area contributed by atoms with Gasteiger partial charge in [-0.2, -0.15) is 4.31 Å². The van der Waals surface area contributed by atoms with Crippen LogP contribution in [0.25, 0.3) is 0 Å². The molecule has 2 aromatic carbocycles. The molecule has 0 saturated carbocycles. The van der Waals surface area contributed by atoms with E-state index in [1.165, 1.54) is 36.7 Å². The molecule has 0 aromatic heterocycles. The highest BCUT2D eigenvalue weighted by Gasteiger charge is 2.34. The van der Waals surface area contributed by atoms with Crippen molar-refractivity contribution in [3.8, 4) is 17.2 Å². The largest absolute Gasteiger partial charge is 0.495 e. The second kappa shape index (κ2) is 10.8. The van der Waals surface area contributed by atoms with Crippen molar-refractivity contribution in [3.63, 3.8) is 0 Å². The fraction of sp³-hybridized carbons (Fsp3) is 0.409. The number of anilines is 1. The number of piperidine rings is 1. The topological polar surface area (TPSA) is 94.2 Å². The number of benzene rings is 2. The first-order valence-corrected chi connectivity index (χ1v) is 12.6. The maximum Gasteiger partial charge on any atom is 0.243 e. The van der Waals surface area contributed by atoms with E-state index in [-0.39, 0.29) is 22.4 Å². The summed E-state index contributed by atoms with van der Waals surface area (Å²) in [6, 6.07) is 7.48. The number of carbonyl (C=O) groups is 1. The second-order valence-electron chi connectivity index (χ2n) is 7.40. The van der Waals surface area contributed by atoms with Gasteiger partial charge in [0.25, 0.3) is 0 Å². The summed E-state index contributed by atoms with van der Waals surface area (Å²) < 4.78 is 43.6. The summed E-state index contributed by atoms with van der Waals surface area (Å²) in [5.41, 5.74) is 0.391. The molecule has 3 rings (SSSR count). The lowest BCUT2D eigenvalue weighted by Crippen LogP contribution is -2.43. The van der Waals surface area contributed by atoms with E-state index in [1.807, 2.05) is 6.92 Å². The SMILES string of the molecule is CCOc1ccc(S(=O)(=O)N2CCC[C@@H](C(=O)Nc3cc(OC)c(Cl)cc3OC)C2)cc1Cl. The lowest BCUT2D eigenvalue weighted by molar-refractivity contribution is -0.120. The van der Waals surface area contributed by atoms with Crippen LogP contribution in [-0.2, 0) is 14.8 Å². The average molecular weight is 517 g/mol. The molecule has 2 aromatic rings. The molecule has 1 atom stereocenters. The summed E-state index contributed by atoms with van der Waals surface area (Å²) in [7, 11) is -0.902. The van der Waals surface area contributed by atoms with Crippen LogP contribution >= 0.6 is 23.2 Å². The Morgan fingerprint density at radius 2 is 1.79 bits per heavy atom. The van der Waals surface area contributed by atoms with Crippen molar-refractivity contribution in [2.45, 2.75) is 24.7 Å². The van der Waals surface area contributed by atoms with Gasteiger partial charge in [0.2, 0.25) is 15.9 Å². The van der Waals surface area contributed by atoms with E-state index in [0.29, 0.717) is 54.0 Å². The number of methoxy groups -OCH3 is 2. The van der Waals surface area contributed by atoms with E-state index >= 15 is 0 Å². The number of rotatable bonds is 8. The van der Waals surface area contributed by atoms with Crippen molar-refractivity contribution >= 4 is 44.8 Å². The monoisotopic (exact) mass is 516 g/mol. The van der Waals surface area contributed by atoms with Crippen LogP contribution in [0.15, 0.2) is 35.2 Å². The molecule has 0 radical (unpaired) electrons. The molecule has 1 aliphatic heterocycles. The van der Waals surface area contributed by atoms with Crippen molar-refractivity contribution < 1.29 is 27.4 Å². The first kappa shape index (κ1) is 25.4. The third-order valence-electron chi connectivity index (χ3n) is 5.33. The van der Waals surface area contributed by atoms with E-state index in [0.717, 1.165) is 0 Å². The zero-order valence-electron chi connectivity index (χ0n) is 18.6. The third kappa shape index (κ3) is 5.66. The first-order valence-electron chi connectivity index (χ1n) is 10.4. The standard InChI is InChI=1S/C22H26Cl2N2O6S/c1-4-32-19-8-7-15(10-16(19)23)33(28,29)26-9-5-6-14(13-26)22(27)25-18-12-20(30-2)17(24)11-21(18)31-3/h7-8,10-12,14H,4-6,9,13H2,1-3H3,(H,25,27)/t14-/m1/s1. The number of hydrogen-bond donors (Lipinski definition) is 1. The summed E-state index contributed by atoms with van der Waals surface area (Å²) in [5, 5.41) is 3.37. The number of nitrogens with one attached hydrogen (secondary N) is 1. The van der Waals surface area contributed by atoms with Gasteiger partial charge in [-0.3, -0.25) is 4.79 Å². The Morgan fingerprint density at radius 3 is 2.42 bits per heavy atom. The lowest BCUT2D eigenvalue weighted by Gasteiger charge is -2.31. The molecular formula is C22H26Cl2N2O6S. The summed E-state index contributed by atoms with van der Waals surface area (Å²) in [5.74, 6) is 0.313. The van der Waals surface area contributed by atoms with Gasteiger partial charge in [-0.25, -0.2) is 8.42 Å². The van der Waals surface area contributed by atoms with Crippen molar-refractivity contribution in [1.29, 1.82) is 0 Å². The van der Waals surface area contributed by atoms with E-state index in [2.05, 4.69) is 5.32 Å². The Kier molecular flexibility index (Phi) is 8.33. The quantitative estimate of drug-likeness (QED) is 0.556.